The van der Waals surface area contributed by atoms with Gasteiger partial charge in [-0.15, -0.1) is 0 Å². The zero-order valence-electron chi connectivity index (χ0n) is 23.1. The molecule has 0 amide bonds. The molecule has 4 heterocycles. The Morgan fingerprint density at radius 1 is 0.829 bits per heavy atom. The van der Waals surface area contributed by atoms with E-state index < -0.39 is 10.0 Å². The summed E-state index contributed by atoms with van der Waals surface area (Å²) in [5.41, 5.74) is 4.34. The van der Waals surface area contributed by atoms with Gasteiger partial charge in [0.05, 0.1) is 17.5 Å². The zero-order valence-corrected chi connectivity index (χ0v) is 24.0. The van der Waals surface area contributed by atoms with Crippen LogP contribution in [0.1, 0.15) is 25.3 Å². The van der Waals surface area contributed by atoms with Crippen LogP contribution in [0.5, 0.6) is 0 Å². The zero-order chi connectivity index (χ0) is 28.0. The number of para-hydroxylation sites is 1. The van der Waals surface area contributed by atoms with Crippen molar-refractivity contribution in [1.29, 1.82) is 0 Å². The molecule has 214 valence electrons. The Labute approximate surface area is 240 Å². The van der Waals surface area contributed by atoms with E-state index in [1.54, 1.807) is 10.5 Å². The summed E-state index contributed by atoms with van der Waals surface area (Å²) < 4.78 is 29.7. The topological polar surface area (TPSA) is 112 Å². The van der Waals surface area contributed by atoms with Crippen LogP contribution in [0.3, 0.4) is 0 Å². The summed E-state index contributed by atoms with van der Waals surface area (Å²) in [6, 6.07) is 18.1. The lowest BCUT2D eigenvalue weighted by atomic mass is 10.2. The first kappa shape index (κ1) is 26.2. The first-order valence-electron chi connectivity index (χ1n) is 14.3. The third kappa shape index (κ3) is 5.34. The highest BCUT2D eigenvalue weighted by Crippen LogP contribution is 2.37. The summed E-state index contributed by atoms with van der Waals surface area (Å²) in [5.74, 6) is 1.10. The number of benzene rings is 2. The van der Waals surface area contributed by atoms with Crippen LogP contribution in [0.25, 0.3) is 11.2 Å². The molecule has 1 aliphatic carbocycles. The number of rotatable bonds is 8. The fourth-order valence-corrected chi connectivity index (χ4v) is 7.61. The SMILES string of the molecule is CN1CCN(c2ccc(Nc3ncc4nc(Nc5ccccc5)n([C@H]5CCN(S(=O)(=O)C6CC6)C5)c4n3)cc2)CC1. The Hall–Kier alpha value is -3.74. The van der Waals surface area contributed by atoms with Crippen molar-refractivity contribution in [3.05, 3.63) is 60.8 Å². The van der Waals surface area contributed by atoms with E-state index in [-0.39, 0.29) is 11.3 Å². The molecule has 0 bridgehead atoms. The second-order valence-corrected chi connectivity index (χ2v) is 13.4. The van der Waals surface area contributed by atoms with Crippen molar-refractivity contribution in [3.63, 3.8) is 0 Å². The molecular weight excluding hydrogens is 538 g/mol. The van der Waals surface area contributed by atoms with Crippen molar-refractivity contribution in [2.24, 2.45) is 0 Å². The molecule has 7 rings (SSSR count). The molecule has 41 heavy (non-hydrogen) atoms. The molecule has 2 aliphatic heterocycles. The Morgan fingerprint density at radius 3 is 2.29 bits per heavy atom. The molecule has 3 fully saturated rings. The van der Waals surface area contributed by atoms with Crippen LogP contribution >= 0.6 is 0 Å². The van der Waals surface area contributed by atoms with Gasteiger partial charge in [0, 0.05) is 56.3 Å². The van der Waals surface area contributed by atoms with Gasteiger partial charge in [-0.2, -0.15) is 9.29 Å². The van der Waals surface area contributed by atoms with Crippen molar-refractivity contribution in [2.45, 2.75) is 30.6 Å². The summed E-state index contributed by atoms with van der Waals surface area (Å²) in [6.07, 6.45) is 3.94. The monoisotopic (exact) mass is 573 g/mol. The maximum atomic E-state index is 13.0. The van der Waals surface area contributed by atoms with Gasteiger partial charge in [0.1, 0.15) is 5.52 Å². The molecule has 2 N–H and O–H groups in total. The van der Waals surface area contributed by atoms with E-state index in [0.717, 1.165) is 50.4 Å². The predicted molar refractivity (Wildman–Crippen MR) is 162 cm³/mol. The van der Waals surface area contributed by atoms with Gasteiger partial charge < -0.3 is 20.4 Å². The quantitative estimate of drug-likeness (QED) is 0.325. The number of nitrogens with zero attached hydrogens (tertiary/aromatic N) is 7. The lowest BCUT2D eigenvalue weighted by molar-refractivity contribution is 0.313. The van der Waals surface area contributed by atoms with Crippen LogP contribution in [-0.4, -0.2) is 88.7 Å². The highest BCUT2D eigenvalue weighted by molar-refractivity contribution is 7.90. The minimum atomic E-state index is -3.25. The van der Waals surface area contributed by atoms with Gasteiger partial charge in [0.25, 0.3) is 0 Å². The number of likely N-dealkylation sites (N-methyl/N-ethyl adjacent to an activating group) is 1. The fraction of sp³-hybridized carbons (Fsp3) is 0.414. The van der Waals surface area contributed by atoms with E-state index in [1.807, 2.05) is 34.9 Å². The van der Waals surface area contributed by atoms with Crippen LogP contribution in [0, 0.1) is 0 Å². The largest absolute Gasteiger partial charge is 0.369 e. The van der Waals surface area contributed by atoms with Gasteiger partial charge in [0.2, 0.25) is 21.9 Å². The van der Waals surface area contributed by atoms with Gasteiger partial charge in [-0.1, -0.05) is 18.2 Å². The first-order chi connectivity index (χ1) is 19.9. The number of fused-ring (bicyclic) bond motifs is 1. The number of piperazine rings is 1. The Kier molecular flexibility index (Phi) is 6.76. The van der Waals surface area contributed by atoms with E-state index in [9.17, 15) is 8.42 Å². The maximum absolute atomic E-state index is 13.0. The highest BCUT2D eigenvalue weighted by Gasteiger charge is 2.43. The molecule has 12 heteroatoms. The molecule has 2 aromatic carbocycles. The van der Waals surface area contributed by atoms with E-state index in [2.05, 4.69) is 56.7 Å². The van der Waals surface area contributed by atoms with Crippen LogP contribution in [0.15, 0.2) is 60.8 Å². The Morgan fingerprint density at radius 2 is 1.56 bits per heavy atom. The van der Waals surface area contributed by atoms with Crippen molar-refractivity contribution in [3.8, 4) is 0 Å². The third-order valence-corrected chi connectivity index (χ3v) is 10.6. The summed E-state index contributed by atoms with van der Waals surface area (Å²) in [4.78, 5) is 19.0. The summed E-state index contributed by atoms with van der Waals surface area (Å²) in [5, 5.41) is 6.56. The molecule has 0 unspecified atom stereocenters. The van der Waals surface area contributed by atoms with Crippen LogP contribution in [0.4, 0.5) is 29.0 Å². The van der Waals surface area contributed by atoms with Crippen molar-refractivity contribution in [1.82, 2.24) is 28.7 Å². The molecule has 11 nitrogen and oxygen atoms in total. The Balaban J connectivity index is 1.17. The minimum Gasteiger partial charge on any atom is -0.369 e. The summed E-state index contributed by atoms with van der Waals surface area (Å²) >= 11 is 0. The van der Waals surface area contributed by atoms with E-state index in [0.29, 0.717) is 42.6 Å². The first-order valence-corrected chi connectivity index (χ1v) is 15.8. The molecule has 2 aromatic heterocycles. The predicted octanol–water partition coefficient (Wildman–Crippen LogP) is 3.80. The normalized spacial score (nSPS) is 20.5. The van der Waals surface area contributed by atoms with Crippen molar-refractivity contribution in [2.75, 3.05) is 61.8 Å². The van der Waals surface area contributed by atoms with Gasteiger partial charge in [-0.25, -0.2) is 18.4 Å². The number of sulfonamides is 1. The van der Waals surface area contributed by atoms with E-state index in [1.165, 1.54) is 5.69 Å². The van der Waals surface area contributed by atoms with E-state index >= 15 is 0 Å². The van der Waals surface area contributed by atoms with Crippen LogP contribution in [-0.2, 0) is 10.0 Å². The second-order valence-electron chi connectivity index (χ2n) is 11.2. The van der Waals surface area contributed by atoms with E-state index in [4.69, 9.17) is 9.97 Å². The molecule has 2 saturated heterocycles. The fourth-order valence-electron chi connectivity index (χ4n) is 5.71. The van der Waals surface area contributed by atoms with Gasteiger partial charge >= 0.3 is 0 Å². The molecule has 0 radical (unpaired) electrons. The average Bonchev–Trinajstić information content (AvgIpc) is 3.64. The molecule has 4 aromatic rings. The van der Waals surface area contributed by atoms with Crippen molar-refractivity contribution >= 4 is 50.1 Å². The van der Waals surface area contributed by atoms with Crippen LogP contribution in [0.2, 0.25) is 0 Å². The van der Waals surface area contributed by atoms with Gasteiger partial charge in [-0.05, 0) is 62.7 Å². The molecular formula is C29H35N9O2S. The standard InChI is InChI=1S/C29H35N9O2S/c1-35-15-17-36(18-16-35)23-9-7-22(8-10-23)31-28-30-19-26-27(34-28)38(29(33-26)32-21-5-3-2-4-6-21)24-13-14-37(20-24)41(39,40)25-11-12-25/h2-10,19,24-25H,11-18,20H2,1H3,(H,32,33)(H,30,31,34)/t24-/m0/s1. The number of anilines is 5. The molecule has 1 saturated carbocycles. The van der Waals surface area contributed by atoms with Crippen LogP contribution < -0.4 is 15.5 Å². The molecule has 3 aliphatic rings. The summed E-state index contributed by atoms with van der Waals surface area (Å²) in [7, 11) is -1.09. The summed E-state index contributed by atoms with van der Waals surface area (Å²) in [6.45, 7) is 5.08. The van der Waals surface area contributed by atoms with Crippen molar-refractivity contribution < 1.29 is 8.42 Å². The second kappa shape index (κ2) is 10.6. The lowest BCUT2D eigenvalue weighted by Gasteiger charge is -2.34. The number of hydrogen-bond donors (Lipinski definition) is 2. The number of hydrogen-bond acceptors (Lipinski definition) is 9. The number of nitrogens with one attached hydrogen (secondary N) is 2. The highest BCUT2D eigenvalue weighted by atomic mass is 32.2. The minimum absolute atomic E-state index is 0.0923. The smallest absolute Gasteiger partial charge is 0.229 e. The van der Waals surface area contributed by atoms with Gasteiger partial charge in [0.15, 0.2) is 5.65 Å². The molecule has 1 atom stereocenters. The number of imidazole rings is 1. The van der Waals surface area contributed by atoms with Gasteiger partial charge in [-0.3, -0.25) is 4.57 Å². The number of aromatic nitrogens is 4. The average molecular weight is 574 g/mol. The third-order valence-electron chi connectivity index (χ3n) is 8.25. The maximum Gasteiger partial charge on any atom is 0.229 e. The lowest BCUT2D eigenvalue weighted by Crippen LogP contribution is -2.44. The molecule has 0 spiro atoms. The Bertz CT molecular complexity index is 1630.